The van der Waals surface area contributed by atoms with Crippen LogP contribution in [-0.4, -0.2) is 42.9 Å². The monoisotopic (exact) mass is 258 g/mol. The van der Waals surface area contributed by atoms with E-state index < -0.39 is 11.6 Å². The highest BCUT2D eigenvalue weighted by atomic mass is 16.5. The number of nitrogens with two attached hydrogens (primary N) is 1. The molecule has 5 heteroatoms. The van der Waals surface area contributed by atoms with Gasteiger partial charge in [-0.05, 0) is 19.3 Å². The molecule has 0 spiro atoms. The maximum Gasteiger partial charge on any atom is 0.237 e. The van der Waals surface area contributed by atoms with Crippen LogP contribution in [0, 0.1) is 0 Å². The van der Waals surface area contributed by atoms with Gasteiger partial charge in [-0.15, -0.1) is 0 Å². The first kappa shape index (κ1) is 15.4. The topological polar surface area (TPSA) is 84.6 Å². The second kappa shape index (κ2) is 7.71. The second-order valence-corrected chi connectivity index (χ2v) is 5.24. The van der Waals surface area contributed by atoms with E-state index in [-0.39, 0.29) is 5.91 Å². The minimum absolute atomic E-state index is 0.204. The Morgan fingerprint density at radius 3 is 2.56 bits per heavy atom. The maximum absolute atomic E-state index is 11.7. The molecule has 1 saturated carbocycles. The summed E-state index contributed by atoms with van der Waals surface area (Å²) in [6.45, 7) is 0.783. The van der Waals surface area contributed by atoms with Crippen LogP contribution in [0.2, 0.25) is 0 Å². The number of carbonyl (C=O) groups excluding carboxylic acids is 1. The molecule has 0 aromatic carbocycles. The zero-order valence-corrected chi connectivity index (χ0v) is 11.3. The molecule has 0 radical (unpaired) electrons. The van der Waals surface area contributed by atoms with Crippen LogP contribution in [0.5, 0.6) is 0 Å². The highest BCUT2D eigenvalue weighted by Crippen LogP contribution is 2.26. The van der Waals surface area contributed by atoms with Crippen molar-refractivity contribution < 1.29 is 14.6 Å². The van der Waals surface area contributed by atoms with Gasteiger partial charge in [0.25, 0.3) is 0 Å². The predicted molar refractivity (Wildman–Crippen MR) is 70.1 cm³/mol. The molecule has 0 aromatic rings. The van der Waals surface area contributed by atoms with Crippen molar-refractivity contribution in [3.05, 3.63) is 0 Å². The smallest absolute Gasteiger partial charge is 0.237 e. The van der Waals surface area contributed by atoms with Gasteiger partial charge in [0, 0.05) is 20.3 Å². The number of hydrogen-bond acceptors (Lipinski definition) is 4. The van der Waals surface area contributed by atoms with Crippen LogP contribution in [0.1, 0.15) is 44.9 Å². The second-order valence-electron chi connectivity index (χ2n) is 5.24. The average molecular weight is 258 g/mol. The van der Waals surface area contributed by atoms with Gasteiger partial charge in [-0.25, -0.2) is 0 Å². The Hall–Kier alpha value is -0.650. The molecule has 1 rings (SSSR count). The number of methoxy groups -OCH3 is 1. The Balaban J connectivity index is 2.31. The summed E-state index contributed by atoms with van der Waals surface area (Å²) in [4.78, 5) is 11.7. The molecular weight excluding hydrogens is 232 g/mol. The summed E-state index contributed by atoms with van der Waals surface area (Å²) >= 11 is 0. The van der Waals surface area contributed by atoms with Gasteiger partial charge in [0.2, 0.25) is 5.91 Å². The van der Waals surface area contributed by atoms with Crippen LogP contribution in [0.4, 0.5) is 0 Å². The average Bonchev–Trinajstić information content (AvgIpc) is 2.58. The third kappa shape index (κ3) is 5.33. The fourth-order valence-corrected chi connectivity index (χ4v) is 2.32. The first-order valence-corrected chi connectivity index (χ1v) is 6.82. The third-order valence-electron chi connectivity index (χ3n) is 3.60. The number of nitrogens with one attached hydrogen (secondary N) is 1. The van der Waals surface area contributed by atoms with E-state index in [1.54, 1.807) is 7.11 Å². The molecule has 1 atom stereocenters. The molecule has 1 amide bonds. The lowest BCUT2D eigenvalue weighted by Gasteiger charge is -2.27. The molecule has 4 N–H and O–H groups in total. The van der Waals surface area contributed by atoms with Crippen molar-refractivity contribution in [2.45, 2.75) is 56.6 Å². The quantitative estimate of drug-likeness (QED) is 0.607. The van der Waals surface area contributed by atoms with Gasteiger partial charge in [0.1, 0.15) is 0 Å². The molecule has 1 aliphatic rings. The summed E-state index contributed by atoms with van der Waals surface area (Å²) in [6.07, 6.45) is 6.43. The Labute approximate surface area is 109 Å². The number of amides is 1. The van der Waals surface area contributed by atoms with Crippen LogP contribution in [0.15, 0.2) is 0 Å². The molecular formula is C13H26N2O3. The first-order chi connectivity index (χ1) is 8.57. The summed E-state index contributed by atoms with van der Waals surface area (Å²) in [5.74, 6) is -0.204. The molecule has 18 heavy (non-hydrogen) atoms. The normalized spacial score (nSPS) is 21.1. The third-order valence-corrected chi connectivity index (χ3v) is 3.60. The van der Waals surface area contributed by atoms with Crippen LogP contribution in [0.25, 0.3) is 0 Å². The van der Waals surface area contributed by atoms with Gasteiger partial charge < -0.3 is 20.9 Å². The van der Waals surface area contributed by atoms with Crippen molar-refractivity contribution in [2.24, 2.45) is 5.73 Å². The Kier molecular flexibility index (Phi) is 6.60. The summed E-state index contributed by atoms with van der Waals surface area (Å²) in [5.41, 5.74) is 4.98. The van der Waals surface area contributed by atoms with Crippen LogP contribution in [0.3, 0.4) is 0 Å². The van der Waals surface area contributed by atoms with Crippen molar-refractivity contribution in [2.75, 3.05) is 20.3 Å². The van der Waals surface area contributed by atoms with Gasteiger partial charge in [0.05, 0.1) is 11.6 Å². The Morgan fingerprint density at radius 1 is 1.39 bits per heavy atom. The lowest BCUT2D eigenvalue weighted by Crippen LogP contribution is -2.48. The summed E-state index contributed by atoms with van der Waals surface area (Å²) in [6, 6.07) is -0.556. The van der Waals surface area contributed by atoms with E-state index in [4.69, 9.17) is 10.5 Å². The Morgan fingerprint density at radius 2 is 2.00 bits per heavy atom. The summed E-state index contributed by atoms with van der Waals surface area (Å²) in [5, 5.41) is 13.1. The highest BCUT2D eigenvalue weighted by molar-refractivity contribution is 5.81. The fourth-order valence-electron chi connectivity index (χ4n) is 2.32. The van der Waals surface area contributed by atoms with E-state index in [0.717, 1.165) is 25.7 Å². The molecule has 106 valence electrons. The van der Waals surface area contributed by atoms with E-state index in [9.17, 15) is 9.90 Å². The lowest BCUT2D eigenvalue weighted by atomic mass is 9.94. The molecule has 1 aliphatic carbocycles. The predicted octanol–water partition coefficient (Wildman–Crippen LogP) is 0.552. The van der Waals surface area contributed by atoms with Crippen LogP contribution >= 0.6 is 0 Å². The van der Waals surface area contributed by atoms with Gasteiger partial charge in [-0.2, -0.15) is 0 Å². The highest BCUT2D eigenvalue weighted by Gasteiger charge is 2.28. The molecule has 0 saturated heterocycles. The van der Waals surface area contributed by atoms with Crippen molar-refractivity contribution >= 4 is 5.91 Å². The van der Waals surface area contributed by atoms with E-state index in [0.29, 0.717) is 19.6 Å². The summed E-state index contributed by atoms with van der Waals surface area (Å²) < 4.78 is 4.88. The lowest BCUT2D eigenvalue weighted by molar-refractivity contribution is -0.124. The number of rotatable bonds is 6. The molecule has 0 aliphatic heterocycles. The molecule has 1 unspecified atom stereocenters. The molecule has 0 heterocycles. The fraction of sp³-hybridized carbons (Fsp3) is 0.923. The molecule has 0 bridgehead atoms. The molecule has 1 fully saturated rings. The van der Waals surface area contributed by atoms with Crippen molar-refractivity contribution in [1.29, 1.82) is 0 Å². The number of hydrogen-bond donors (Lipinski definition) is 3. The van der Waals surface area contributed by atoms with Crippen molar-refractivity contribution in [1.82, 2.24) is 5.32 Å². The number of carbonyl (C=O) groups is 1. The number of ether oxygens (including phenoxy) is 1. The van der Waals surface area contributed by atoms with E-state index in [1.807, 2.05) is 0 Å². The van der Waals surface area contributed by atoms with Crippen LogP contribution < -0.4 is 11.1 Å². The van der Waals surface area contributed by atoms with Gasteiger partial charge in [0.15, 0.2) is 0 Å². The summed E-state index contributed by atoms with van der Waals surface area (Å²) in [7, 11) is 1.58. The van der Waals surface area contributed by atoms with Crippen molar-refractivity contribution in [3.63, 3.8) is 0 Å². The molecule has 0 aromatic heterocycles. The SMILES string of the molecule is COCCC(N)C(=O)NCC1(O)CCCCCC1. The zero-order chi connectivity index (χ0) is 13.4. The maximum atomic E-state index is 11.7. The van der Waals surface area contributed by atoms with E-state index in [2.05, 4.69) is 5.32 Å². The van der Waals surface area contributed by atoms with Gasteiger partial charge in [-0.3, -0.25) is 4.79 Å². The van der Waals surface area contributed by atoms with E-state index in [1.165, 1.54) is 12.8 Å². The minimum Gasteiger partial charge on any atom is -0.388 e. The first-order valence-electron chi connectivity index (χ1n) is 6.82. The Bertz CT molecular complexity index is 251. The largest absolute Gasteiger partial charge is 0.388 e. The number of aliphatic hydroxyl groups is 1. The van der Waals surface area contributed by atoms with Gasteiger partial charge >= 0.3 is 0 Å². The standard InChI is InChI=1S/C13H26N2O3/c1-18-9-6-11(14)12(16)15-10-13(17)7-4-2-3-5-8-13/h11,17H,2-10,14H2,1H3,(H,15,16). The van der Waals surface area contributed by atoms with E-state index >= 15 is 0 Å². The molecule has 5 nitrogen and oxygen atoms in total. The van der Waals surface area contributed by atoms with Crippen LogP contribution in [-0.2, 0) is 9.53 Å². The minimum atomic E-state index is -0.743. The zero-order valence-electron chi connectivity index (χ0n) is 11.3. The van der Waals surface area contributed by atoms with Crippen molar-refractivity contribution in [3.8, 4) is 0 Å². The van der Waals surface area contributed by atoms with Gasteiger partial charge in [-0.1, -0.05) is 25.7 Å².